The summed E-state index contributed by atoms with van der Waals surface area (Å²) in [6.45, 7) is 0.659. The van der Waals surface area contributed by atoms with Gasteiger partial charge in [0.25, 0.3) is 5.91 Å². The van der Waals surface area contributed by atoms with Crippen molar-refractivity contribution in [2.45, 2.75) is 12.6 Å². The number of carbonyl (C=O) groups excluding carboxylic acids is 2. The van der Waals surface area contributed by atoms with E-state index in [2.05, 4.69) is 15.9 Å². The Morgan fingerprint density at radius 2 is 1.79 bits per heavy atom. The molecule has 0 aliphatic carbocycles. The Hall–Kier alpha value is -2.32. The second-order valence-corrected chi connectivity index (χ2v) is 7.83. The molecule has 1 atom stereocenters. The van der Waals surface area contributed by atoms with Crippen LogP contribution in [0.5, 0.6) is 0 Å². The zero-order valence-electron chi connectivity index (χ0n) is 14.8. The lowest BCUT2D eigenvalue weighted by molar-refractivity contribution is -0.155. The van der Waals surface area contributed by atoms with E-state index in [-0.39, 0.29) is 42.3 Å². The third kappa shape index (κ3) is 3.54. The Kier molecular flexibility index (Phi) is 5.16. The first-order valence-corrected chi connectivity index (χ1v) is 9.61. The van der Waals surface area contributed by atoms with E-state index in [0.717, 1.165) is 5.56 Å². The molecule has 2 aliphatic heterocycles. The Labute approximate surface area is 169 Å². The van der Waals surface area contributed by atoms with Crippen molar-refractivity contribution in [3.8, 4) is 0 Å². The third-order valence-corrected chi connectivity index (χ3v) is 5.54. The molecular formula is C20H17BrF2N2O3. The van der Waals surface area contributed by atoms with Crippen LogP contribution in [0.1, 0.15) is 5.56 Å². The monoisotopic (exact) mass is 450 g/mol. The van der Waals surface area contributed by atoms with Gasteiger partial charge in [-0.3, -0.25) is 14.5 Å². The SMILES string of the molecule is O=C1C(C2COC2)N(Cc2ccc(F)cc2)C(=O)CN1c1ccc(Br)cc1F. The van der Waals surface area contributed by atoms with Crippen LogP contribution in [0, 0.1) is 17.6 Å². The molecule has 2 fully saturated rings. The van der Waals surface area contributed by atoms with E-state index in [1.165, 1.54) is 34.1 Å². The lowest BCUT2D eigenvalue weighted by atomic mass is 9.92. The Morgan fingerprint density at radius 3 is 2.39 bits per heavy atom. The van der Waals surface area contributed by atoms with Gasteiger partial charge in [0.15, 0.2) is 0 Å². The number of hydrogen-bond donors (Lipinski definition) is 0. The van der Waals surface area contributed by atoms with Crippen molar-refractivity contribution in [3.63, 3.8) is 0 Å². The summed E-state index contributed by atoms with van der Waals surface area (Å²) >= 11 is 3.19. The second kappa shape index (κ2) is 7.60. The molecule has 0 radical (unpaired) electrons. The van der Waals surface area contributed by atoms with Crippen molar-refractivity contribution in [2.24, 2.45) is 5.92 Å². The van der Waals surface area contributed by atoms with E-state index in [0.29, 0.717) is 17.7 Å². The number of nitrogens with zero attached hydrogens (tertiary/aromatic N) is 2. The van der Waals surface area contributed by atoms with E-state index < -0.39 is 11.9 Å². The van der Waals surface area contributed by atoms with Crippen molar-refractivity contribution >= 4 is 33.4 Å². The fourth-order valence-corrected chi connectivity index (χ4v) is 3.85. The van der Waals surface area contributed by atoms with Crippen molar-refractivity contribution in [1.29, 1.82) is 0 Å². The van der Waals surface area contributed by atoms with Gasteiger partial charge in [0.2, 0.25) is 5.91 Å². The van der Waals surface area contributed by atoms with Gasteiger partial charge in [0.1, 0.15) is 24.2 Å². The molecule has 4 rings (SSSR count). The topological polar surface area (TPSA) is 49.9 Å². The molecule has 0 spiro atoms. The van der Waals surface area contributed by atoms with Crippen molar-refractivity contribution in [1.82, 2.24) is 4.90 Å². The lowest BCUT2D eigenvalue weighted by Gasteiger charge is -2.45. The van der Waals surface area contributed by atoms with Crippen LogP contribution in [0.3, 0.4) is 0 Å². The Morgan fingerprint density at radius 1 is 1.07 bits per heavy atom. The molecule has 0 bridgehead atoms. The zero-order valence-corrected chi connectivity index (χ0v) is 16.4. The molecule has 2 saturated heterocycles. The number of ether oxygens (including phenoxy) is 1. The Bertz CT molecular complexity index is 918. The maximum atomic E-state index is 14.4. The lowest BCUT2D eigenvalue weighted by Crippen LogP contribution is -2.65. The van der Waals surface area contributed by atoms with E-state index in [1.54, 1.807) is 18.2 Å². The first kappa shape index (κ1) is 19.0. The fourth-order valence-electron chi connectivity index (χ4n) is 3.52. The first-order chi connectivity index (χ1) is 13.4. The quantitative estimate of drug-likeness (QED) is 0.718. The van der Waals surface area contributed by atoms with Gasteiger partial charge in [-0.25, -0.2) is 8.78 Å². The minimum atomic E-state index is -0.747. The summed E-state index contributed by atoms with van der Waals surface area (Å²) in [5.74, 6) is -1.73. The minimum absolute atomic E-state index is 0.0771. The van der Waals surface area contributed by atoms with Gasteiger partial charge >= 0.3 is 0 Å². The van der Waals surface area contributed by atoms with Crippen molar-refractivity contribution in [3.05, 3.63) is 64.1 Å². The van der Waals surface area contributed by atoms with E-state index in [9.17, 15) is 18.4 Å². The molecule has 2 heterocycles. The summed E-state index contributed by atoms with van der Waals surface area (Å²) in [5, 5.41) is 0. The van der Waals surface area contributed by atoms with Crippen LogP contribution in [-0.2, 0) is 20.9 Å². The molecule has 0 N–H and O–H groups in total. The molecule has 28 heavy (non-hydrogen) atoms. The first-order valence-electron chi connectivity index (χ1n) is 8.82. The average molecular weight is 451 g/mol. The molecule has 146 valence electrons. The summed E-state index contributed by atoms with van der Waals surface area (Å²) in [4.78, 5) is 28.8. The van der Waals surface area contributed by atoms with Crippen LogP contribution in [0.25, 0.3) is 0 Å². The van der Waals surface area contributed by atoms with Crippen LogP contribution in [-0.4, -0.2) is 42.5 Å². The number of anilines is 1. The van der Waals surface area contributed by atoms with Gasteiger partial charge in [0, 0.05) is 16.9 Å². The highest BCUT2D eigenvalue weighted by Gasteiger charge is 2.46. The molecule has 0 saturated carbocycles. The van der Waals surface area contributed by atoms with E-state index in [1.807, 2.05) is 0 Å². The average Bonchev–Trinajstić information content (AvgIpc) is 2.61. The fraction of sp³-hybridized carbons (Fsp3) is 0.300. The molecule has 1 unspecified atom stereocenters. The van der Waals surface area contributed by atoms with Crippen LogP contribution in [0.2, 0.25) is 0 Å². The highest BCUT2D eigenvalue weighted by Crippen LogP contribution is 2.31. The number of amides is 2. The number of hydrogen-bond acceptors (Lipinski definition) is 3. The maximum absolute atomic E-state index is 14.4. The molecule has 2 aliphatic rings. The summed E-state index contributed by atoms with van der Waals surface area (Å²) in [6, 6.07) is 9.43. The highest BCUT2D eigenvalue weighted by molar-refractivity contribution is 9.10. The Balaban J connectivity index is 1.65. The minimum Gasteiger partial charge on any atom is -0.380 e. The number of rotatable bonds is 4. The second-order valence-electron chi connectivity index (χ2n) is 6.91. The highest BCUT2D eigenvalue weighted by atomic mass is 79.9. The standard InChI is InChI=1S/C20H17BrF2N2O3/c21-14-3-6-17(16(23)7-14)24-9-18(26)25(8-12-1-4-15(22)5-2-12)19(20(24)27)13-10-28-11-13/h1-7,13,19H,8-11H2. The summed E-state index contributed by atoms with van der Waals surface area (Å²) in [5.41, 5.74) is 0.796. The van der Waals surface area contributed by atoms with Crippen LogP contribution in [0.15, 0.2) is 46.9 Å². The van der Waals surface area contributed by atoms with Crippen molar-refractivity contribution < 1.29 is 23.1 Å². The normalized spacial score (nSPS) is 20.5. The van der Waals surface area contributed by atoms with Crippen molar-refractivity contribution in [2.75, 3.05) is 24.7 Å². The molecule has 2 aromatic rings. The van der Waals surface area contributed by atoms with Crippen LogP contribution in [0.4, 0.5) is 14.5 Å². The van der Waals surface area contributed by atoms with Crippen LogP contribution >= 0.6 is 15.9 Å². The van der Waals surface area contributed by atoms with Gasteiger partial charge in [-0.1, -0.05) is 28.1 Å². The maximum Gasteiger partial charge on any atom is 0.250 e. The summed E-state index contributed by atoms with van der Waals surface area (Å²) < 4.78 is 33.4. The molecule has 2 amide bonds. The van der Waals surface area contributed by atoms with Gasteiger partial charge in [-0.2, -0.15) is 0 Å². The smallest absolute Gasteiger partial charge is 0.250 e. The van der Waals surface area contributed by atoms with Gasteiger partial charge in [0.05, 0.1) is 18.9 Å². The van der Waals surface area contributed by atoms with E-state index in [4.69, 9.17) is 4.74 Å². The molecule has 2 aromatic carbocycles. The number of piperazine rings is 1. The van der Waals surface area contributed by atoms with Gasteiger partial charge < -0.3 is 9.64 Å². The molecule has 0 aromatic heterocycles. The van der Waals surface area contributed by atoms with Gasteiger partial charge in [-0.15, -0.1) is 0 Å². The number of halogens is 3. The summed E-state index contributed by atoms with van der Waals surface area (Å²) in [6.07, 6.45) is 0. The van der Waals surface area contributed by atoms with Gasteiger partial charge in [-0.05, 0) is 35.9 Å². The summed E-state index contributed by atoms with van der Waals surface area (Å²) in [7, 11) is 0. The largest absolute Gasteiger partial charge is 0.380 e. The zero-order chi connectivity index (χ0) is 19.8. The molecular weight excluding hydrogens is 434 g/mol. The number of carbonyl (C=O) groups is 2. The predicted octanol–water partition coefficient (Wildman–Crippen LogP) is 3.12. The number of benzene rings is 2. The predicted molar refractivity (Wildman–Crippen MR) is 102 cm³/mol. The molecule has 8 heteroatoms. The van der Waals surface area contributed by atoms with E-state index >= 15 is 0 Å². The molecule has 5 nitrogen and oxygen atoms in total. The van der Waals surface area contributed by atoms with Crippen LogP contribution < -0.4 is 4.90 Å². The third-order valence-electron chi connectivity index (χ3n) is 5.05.